The first-order valence-electron chi connectivity index (χ1n) is 11.8. The van der Waals surface area contributed by atoms with Gasteiger partial charge in [-0.05, 0) is 48.2 Å². The van der Waals surface area contributed by atoms with Gasteiger partial charge in [0.15, 0.2) is 11.6 Å². The predicted molar refractivity (Wildman–Crippen MR) is 131 cm³/mol. The molecule has 8 heteroatoms. The van der Waals surface area contributed by atoms with Crippen molar-refractivity contribution in [2.24, 2.45) is 22.8 Å². The summed E-state index contributed by atoms with van der Waals surface area (Å²) in [6, 6.07) is 9.83. The van der Waals surface area contributed by atoms with E-state index >= 15 is 0 Å². The molecule has 0 radical (unpaired) electrons. The van der Waals surface area contributed by atoms with Crippen LogP contribution in [0.4, 0.5) is 8.78 Å². The fraction of sp³-hybridized carbons (Fsp3) is 0.407. The Morgan fingerprint density at radius 2 is 1.91 bits per heavy atom. The molecule has 2 aliphatic heterocycles. The van der Waals surface area contributed by atoms with Crippen molar-refractivity contribution in [3.8, 4) is 6.07 Å². The number of allylic oxidation sites excluding steroid dienone is 2. The summed E-state index contributed by atoms with van der Waals surface area (Å²) in [5.74, 6) is -1.89. The third kappa shape index (κ3) is 4.66. The number of nitrogens with zero attached hydrogens (tertiary/aromatic N) is 4. The minimum atomic E-state index is -1.03. The molecule has 1 unspecified atom stereocenters. The van der Waals surface area contributed by atoms with Crippen molar-refractivity contribution in [3.63, 3.8) is 0 Å². The van der Waals surface area contributed by atoms with E-state index in [1.54, 1.807) is 13.1 Å². The van der Waals surface area contributed by atoms with Gasteiger partial charge in [0.05, 0.1) is 23.0 Å². The van der Waals surface area contributed by atoms with Crippen LogP contribution in [0.3, 0.4) is 0 Å². The lowest BCUT2D eigenvalue weighted by Crippen LogP contribution is -2.71. The zero-order valence-corrected chi connectivity index (χ0v) is 20.4. The molecule has 0 aliphatic carbocycles. The van der Waals surface area contributed by atoms with E-state index in [9.17, 15) is 8.78 Å². The molecule has 0 bridgehead atoms. The third-order valence-electron chi connectivity index (χ3n) is 7.21. The Kier molecular flexibility index (Phi) is 6.67. The topological polar surface area (TPSA) is 95.2 Å². The van der Waals surface area contributed by atoms with Crippen LogP contribution in [0.1, 0.15) is 37.6 Å². The van der Waals surface area contributed by atoms with E-state index in [1.807, 2.05) is 38.3 Å². The van der Waals surface area contributed by atoms with Gasteiger partial charge in [-0.25, -0.2) is 8.78 Å². The quantitative estimate of drug-likeness (QED) is 0.466. The van der Waals surface area contributed by atoms with Crippen molar-refractivity contribution in [3.05, 3.63) is 88.5 Å². The fourth-order valence-electron chi connectivity index (χ4n) is 5.21. The number of rotatable bonds is 7. The van der Waals surface area contributed by atoms with Gasteiger partial charge in [0.25, 0.3) is 0 Å². The number of pyridine rings is 1. The Balaban J connectivity index is 1.38. The summed E-state index contributed by atoms with van der Waals surface area (Å²) in [6.07, 6.45) is 5.21. The number of aromatic nitrogens is 1. The molecule has 4 rings (SSSR count). The number of benzene rings is 1. The fourth-order valence-corrected chi connectivity index (χ4v) is 5.21. The van der Waals surface area contributed by atoms with E-state index in [0.29, 0.717) is 16.8 Å². The third-order valence-corrected chi connectivity index (χ3v) is 7.21. The smallest absolute Gasteiger partial charge is 0.159 e. The molecule has 1 aromatic heterocycles. The average molecular weight is 479 g/mol. The molecule has 1 atom stereocenters. The normalized spacial score (nSPS) is 19.8. The number of nitriles is 1. The summed E-state index contributed by atoms with van der Waals surface area (Å²) >= 11 is 0. The van der Waals surface area contributed by atoms with Crippen LogP contribution in [-0.4, -0.2) is 41.0 Å². The van der Waals surface area contributed by atoms with Crippen molar-refractivity contribution in [1.82, 2.24) is 14.8 Å². The minimum absolute atomic E-state index is 0.0817. The van der Waals surface area contributed by atoms with Crippen molar-refractivity contribution >= 4 is 0 Å². The standard InChI is InChI=1S/C27H32F2N6/c1-18(2)27(32,21-5-6-23(28)24(29)9-21)25-7-4-20(12-33-25)13-34-14-26(15-34)16-35(17-26)22(11-31)8-19(3)10-30/h4-9,11-12,18H,13-17,31-32H2,1-3H3/b19-8+,22-11+. The largest absolute Gasteiger partial charge is 0.403 e. The zero-order valence-electron chi connectivity index (χ0n) is 20.4. The summed E-state index contributed by atoms with van der Waals surface area (Å²) in [5.41, 5.74) is 15.5. The second-order valence-corrected chi connectivity index (χ2v) is 10.2. The lowest BCUT2D eigenvalue weighted by atomic mass is 9.72. The van der Waals surface area contributed by atoms with Crippen LogP contribution in [0, 0.1) is 34.3 Å². The molecule has 35 heavy (non-hydrogen) atoms. The predicted octanol–water partition coefficient (Wildman–Crippen LogP) is 3.61. The van der Waals surface area contributed by atoms with Gasteiger partial charge in [0.2, 0.25) is 0 Å². The van der Waals surface area contributed by atoms with Gasteiger partial charge in [0.1, 0.15) is 0 Å². The monoisotopic (exact) mass is 478 g/mol. The van der Waals surface area contributed by atoms with Gasteiger partial charge in [-0.15, -0.1) is 0 Å². The van der Waals surface area contributed by atoms with Crippen LogP contribution >= 0.6 is 0 Å². The summed E-state index contributed by atoms with van der Waals surface area (Å²) in [7, 11) is 0. The Morgan fingerprint density at radius 3 is 2.46 bits per heavy atom. The lowest BCUT2D eigenvalue weighted by molar-refractivity contribution is -0.103. The van der Waals surface area contributed by atoms with Crippen molar-refractivity contribution in [2.45, 2.75) is 32.9 Å². The van der Waals surface area contributed by atoms with Gasteiger partial charge in [-0.3, -0.25) is 9.88 Å². The number of hydrogen-bond donors (Lipinski definition) is 2. The molecular formula is C27H32F2N6. The van der Waals surface area contributed by atoms with Gasteiger partial charge >= 0.3 is 0 Å². The van der Waals surface area contributed by atoms with Crippen LogP contribution in [-0.2, 0) is 12.1 Å². The second kappa shape index (κ2) is 9.40. The lowest BCUT2D eigenvalue weighted by Gasteiger charge is -2.61. The number of likely N-dealkylation sites (tertiary alicyclic amines) is 2. The highest BCUT2D eigenvalue weighted by Gasteiger charge is 2.51. The Labute approximate surface area is 205 Å². The van der Waals surface area contributed by atoms with Gasteiger partial charge in [0, 0.05) is 56.1 Å². The van der Waals surface area contributed by atoms with Gasteiger partial charge in [-0.2, -0.15) is 5.26 Å². The minimum Gasteiger partial charge on any atom is -0.403 e. The van der Waals surface area contributed by atoms with E-state index in [0.717, 1.165) is 56.1 Å². The summed E-state index contributed by atoms with van der Waals surface area (Å²) in [6.45, 7) is 10.3. The van der Waals surface area contributed by atoms with E-state index in [2.05, 4.69) is 20.9 Å². The van der Waals surface area contributed by atoms with Crippen molar-refractivity contribution < 1.29 is 8.78 Å². The molecule has 2 aromatic rings. The maximum atomic E-state index is 13.9. The summed E-state index contributed by atoms with van der Waals surface area (Å²) < 4.78 is 27.4. The first kappa shape index (κ1) is 24.8. The van der Waals surface area contributed by atoms with Crippen LogP contribution in [0.25, 0.3) is 0 Å². The molecule has 0 saturated carbocycles. The van der Waals surface area contributed by atoms with Crippen molar-refractivity contribution in [2.75, 3.05) is 26.2 Å². The van der Waals surface area contributed by atoms with Crippen LogP contribution in [0.2, 0.25) is 0 Å². The first-order valence-corrected chi connectivity index (χ1v) is 11.8. The molecule has 184 valence electrons. The highest BCUT2D eigenvalue weighted by molar-refractivity contribution is 5.36. The van der Waals surface area contributed by atoms with Crippen molar-refractivity contribution in [1.29, 1.82) is 5.26 Å². The highest BCUT2D eigenvalue weighted by atomic mass is 19.2. The molecule has 6 nitrogen and oxygen atoms in total. The molecule has 2 aliphatic rings. The summed E-state index contributed by atoms with van der Waals surface area (Å²) in [5, 5.41) is 9.00. The molecule has 2 fully saturated rings. The summed E-state index contributed by atoms with van der Waals surface area (Å²) in [4.78, 5) is 9.22. The van der Waals surface area contributed by atoms with E-state index in [-0.39, 0.29) is 11.3 Å². The molecule has 0 amide bonds. The molecule has 1 spiro atoms. The molecule has 1 aromatic carbocycles. The van der Waals surface area contributed by atoms with Crippen LogP contribution in [0.5, 0.6) is 0 Å². The van der Waals surface area contributed by atoms with E-state index in [4.69, 9.17) is 16.7 Å². The van der Waals surface area contributed by atoms with Crippen LogP contribution < -0.4 is 11.5 Å². The number of halogens is 2. The first-order chi connectivity index (χ1) is 16.6. The molecule has 2 saturated heterocycles. The Morgan fingerprint density at radius 1 is 1.20 bits per heavy atom. The Hall–Kier alpha value is -3.28. The van der Waals surface area contributed by atoms with Gasteiger partial charge < -0.3 is 16.4 Å². The van der Waals surface area contributed by atoms with E-state index in [1.165, 1.54) is 6.07 Å². The maximum Gasteiger partial charge on any atom is 0.159 e. The number of hydrogen-bond acceptors (Lipinski definition) is 6. The molecular weight excluding hydrogens is 446 g/mol. The maximum absolute atomic E-state index is 13.9. The zero-order chi connectivity index (χ0) is 25.4. The Bertz CT molecular complexity index is 1180. The highest BCUT2D eigenvalue weighted by Crippen LogP contribution is 2.42. The van der Waals surface area contributed by atoms with Crippen LogP contribution in [0.15, 0.2) is 60.1 Å². The second-order valence-electron chi connectivity index (χ2n) is 10.2. The SMILES string of the molecule is C/C(C#N)=C\C(=C/N)N1CC2(CN(Cc3ccc(C(N)(c4ccc(F)c(F)c4)C(C)C)nc3)C2)C1. The van der Waals surface area contributed by atoms with E-state index < -0.39 is 17.2 Å². The molecule has 3 heterocycles. The van der Waals surface area contributed by atoms with Gasteiger partial charge in [-0.1, -0.05) is 26.0 Å². The number of nitrogens with two attached hydrogens (primary N) is 2. The molecule has 4 N–H and O–H groups in total. The average Bonchev–Trinajstić information content (AvgIpc) is 2.79.